The molecule has 2 fully saturated rings. The summed E-state index contributed by atoms with van der Waals surface area (Å²) in [6, 6.07) is 5.41. The summed E-state index contributed by atoms with van der Waals surface area (Å²) in [5.74, 6) is 1.76. The molecule has 2 N–H and O–H groups in total. The molecule has 4 atom stereocenters. The van der Waals surface area contributed by atoms with Gasteiger partial charge in [-0.05, 0) is 75.4 Å². The van der Waals surface area contributed by atoms with Gasteiger partial charge in [-0.2, -0.15) is 0 Å². The van der Waals surface area contributed by atoms with Crippen molar-refractivity contribution in [2.75, 3.05) is 20.6 Å². The molecule has 3 rings (SSSR count). The normalized spacial score (nSPS) is 35.4. The minimum atomic E-state index is -0.794. The fourth-order valence-electron chi connectivity index (χ4n) is 4.73. The van der Waals surface area contributed by atoms with Crippen LogP contribution in [0.2, 0.25) is 0 Å². The van der Waals surface area contributed by atoms with Gasteiger partial charge in [0.05, 0.1) is 5.60 Å². The van der Waals surface area contributed by atoms with Gasteiger partial charge in [0.15, 0.2) is 0 Å². The van der Waals surface area contributed by atoms with Crippen molar-refractivity contribution in [2.45, 2.75) is 38.2 Å². The Balaban J connectivity index is 2.04. The van der Waals surface area contributed by atoms with Crippen molar-refractivity contribution >= 4 is 0 Å². The SMILES string of the molecule is Cc1ccc(O)cc1C1(O)CC2CCC(C2)C1CN(C)C. The lowest BCUT2D eigenvalue weighted by atomic mass is 9.65. The Hall–Kier alpha value is -1.06. The first-order chi connectivity index (χ1) is 9.90. The molecular formula is C18H27NO2. The lowest BCUT2D eigenvalue weighted by Gasteiger charge is -2.46. The molecule has 3 heteroatoms. The van der Waals surface area contributed by atoms with E-state index in [1.165, 1.54) is 19.3 Å². The van der Waals surface area contributed by atoms with Crippen LogP contribution in [0.25, 0.3) is 0 Å². The van der Waals surface area contributed by atoms with Crippen molar-refractivity contribution in [3.8, 4) is 5.75 Å². The summed E-state index contributed by atoms with van der Waals surface area (Å²) in [6.45, 7) is 2.94. The highest BCUT2D eigenvalue weighted by molar-refractivity contribution is 5.39. The first kappa shape index (κ1) is 14.9. The Kier molecular flexibility index (Phi) is 3.74. The van der Waals surface area contributed by atoms with Crippen LogP contribution in [-0.4, -0.2) is 35.8 Å². The molecule has 1 aromatic rings. The monoisotopic (exact) mass is 289 g/mol. The van der Waals surface area contributed by atoms with Gasteiger partial charge >= 0.3 is 0 Å². The minimum Gasteiger partial charge on any atom is -0.508 e. The van der Waals surface area contributed by atoms with E-state index in [0.717, 1.165) is 24.1 Å². The fraction of sp³-hybridized carbons (Fsp3) is 0.667. The molecule has 0 saturated heterocycles. The molecule has 1 aromatic carbocycles. The van der Waals surface area contributed by atoms with Gasteiger partial charge in [0, 0.05) is 12.5 Å². The third-order valence-corrected chi connectivity index (χ3v) is 5.61. The summed E-state index contributed by atoms with van der Waals surface area (Å²) >= 11 is 0. The van der Waals surface area contributed by atoms with Crippen molar-refractivity contribution in [3.05, 3.63) is 29.3 Å². The molecular weight excluding hydrogens is 262 g/mol. The number of benzene rings is 1. The van der Waals surface area contributed by atoms with Crippen molar-refractivity contribution in [2.24, 2.45) is 17.8 Å². The second kappa shape index (κ2) is 5.29. The van der Waals surface area contributed by atoms with Crippen molar-refractivity contribution in [1.29, 1.82) is 0 Å². The highest BCUT2D eigenvalue weighted by Crippen LogP contribution is 2.55. The highest BCUT2D eigenvalue weighted by atomic mass is 16.3. The van der Waals surface area contributed by atoms with E-state index in [1.807, 2.05) is 13.0 Å². The maximum Gasteiger partial charge on any atom is 0.115 e. The first-order valence-electron chi connectivity index (χ1n) is 8.07. The fourth-order valence-corrected chi connectivity index (χ4v) is 4.73. The van der Waals surface area contributed by atoms with Crippen LogP contribution < -0.4 is 0 Å². The summed E-state index contributed by atoms with van der Waals surface area (Å²) < 4.78 is 0. The number of hydrogen-bond donors (Lipinski definition) is 2. The Morgan fingerprint density at radius 1 is 1.29 bits per heavy atom. The van der Waals surface area contributed by atoms with Gasteiger partial charge in [-0.3, -0.25) is 0 Å². The zero-order valence-electron chi connectivity index (χ0n) is 13.3. The van der Waals surface area contributed by atoms with Gasteiger partial charge in [-0.1, -0.05) is 12.5 Å². The van der Waals surface area contributed by atoms with E-state index in [0.29, 0.717) is 11.8 Å². The van der Waals surface area contributed by atoms with E-state index in [9.17, 15) is 10.2 Å². The number of phenolic OH excluding ortho intramolecular Hbond substituents is 1. The maximum absolute atomic E-state index is 11.6. The van der Waals surface area contributed by atoms with Crippen LogP contribution >= 0.6 is 0 Å². The third kappa shape index (κ3) is 2.58. The standard InChI is InChI=1S/C18H27NO2/c1-12-4-7-15(20)9-16(12)18(21)10-13-5-6-14(8-13)17(18)11-19(2)3/h4,7,9,13-14,17,20-21H,5-6,8,10-11H2,1-3H3. The molecule has 2 aliphatic carbocycles. The van der Waals surface area contributed by atoms with Crippen molar-refractivity contribution in [1.82, 2.24) is 4.90 Å². The van der Waals surface area contributed by atoms with Gasteiger partial charge in [0.1, 0.15) is 5.75 Å². The number of phenols is 1. The largest absolute Gasteiger partial charge is 0.508 e. The van der Waals surface area contributed by atoms with Gasteiger partial charge in [-0.25, -0.2) is 0 Å². The molecule has 116 valence electrons. The zero-order chi connectivity index (χ0) is 15.2. The Morgan fingerprint density at radius 2 is 2.05 bits per heavy atom. The van der Waals surface area contributed by atoms with Crippen LogP contribution in [0.15, 0.2) is 18.2 Å². The number of rotatable bonds is 3. The summed E-state index contributed by atoms with van der Waals surface area (Å²) in [7, 11) is 4.16. The molecule has 0 spiro atoms. The maximum atomic E-state index is 11.6. The number of fused-ring (bicyclic) bond motifs is 2. The van der Waals surface area contributed by atoms with Crippen LogP contribution in [0.1, 0.15) is 36.8 Å². The quantitative estimate of drug-likeness (QED) is 0.899. The van der Waals surface area contributed by atoms with Gasteiger partial charge in [-0.15, -0.1) is 0 Å². The Morgan fingerprint density at radius 3 is 2.76 bits per heavy atom. The molecule has 21 heavy (non-hydrogen) atoms. The predicted octanol–water partition coefficient (Wildman–Crippen LogP) is 2.89. The molecule has 2 saturated carbocycles. The molecule has 0 radical (unpaired) electrons. The lowest BCUT2D eigenvalue weighted by molar-refractivity contribution is -0.0896. The molecule has 0 heterocycles. The molecule has 0 aromatic heterocycles. The number of aliphatic hydroxyl groups is 1. The van der Waals surface area contributed by atoms with E-state index in [1.54, 1.807) is 12.1 Å². The van der Waals surface area contributed by atoms with E-state index in [-0.39, 0.29) is 11.7 Å². The summed E-state index contributed by atoms with van der Waals surface area (Å²) in [5.41, 5.74) is 1.23. The number of nitrogens with zero attached hydrogens (tertiary/aromatic N) is 1. The van der Waals surface area contributed by atoms with Crippen LogP contribution in [0, 0.1) is 24.7 Å². The van der Waals surface area contributed by atoms with E-state index in [4.69, 9.17) is 0 Å². The summed E-state index contributed by atoms with van der Waals surface area (Å²) in [4.78, 5) is 2.19. The second-order valence-corrected chi connectivity index (χ2v) is 7.44. The molecule has 0 amide bonds. The summed E-state index contributed by atoms with van der Waals surface area (Å²) in [6.07, 6.45) is 4.59. The van der Waals surface area contributed by atoms with Crippen LogP contribution in [0.5, 0.6) is 5.75 Å². The van der Waals surface area contributed by atoms with Crippen LogP contribution in [0.3, 0.4) is 0 Å². The molecule has 3 nitrogen and oxygen atoms in total. The number of aromatic hydroxyl groups is 1. The van der Waals surface area contributed by atoms with E-state index < -0.39 is 5.60 Å². The van der Waals surface area contributed by atoms with Crippen molar-refractivity contribution < 1.29 is 10.2 Å². The Labute approximate surface area is 127 Å². The predicted molar refractivity (Wildman–Crippen MR) is 84.2 cm³/mol. The Bertz CT molecular complexity index is 528. The van der Waals surface area contributed by atoms with Gasteiger partial charge < -0.3 is 15.1 Å². The van der Waals surface area contributed by atoms with Gasteiger partial charge in [0.25, 0.3) is 0 Å². The zero-order valence-corrected chi connectivity index (χ0v) is 13.3. The molecule has 2 aliphatic rings. The summed E-state index contributed by atoms with van der Waals surface area (Å²) in [5, 5.41) is 21.5. The highest BCUT2D eigenvalue weighted by Gasteiger charge is 2.51. The van der Waals surface area contributed by atoms with Crippen molar-refractivity contribution in [3.63, 3.8) is 0 Å². The van der Waals surface area contributed by atoms with E-state index >= 15 is 0 Å². The van der Waals surface area contributed by atoms with Crippen LogP contribution in [0.4, 0.5) is 0 Å². The molecule has 0 aliphatic heterocycles. The first-order valence-corrected chi connectivity index (χ1v) is 8.07. The minimum absolute atomic E-state index is 0.255. The topological polar surface area (TPSA) is 43.7 Å². The smallest absolute Gasteiger partial charge is 0.115 e. The average Bonchev–Trinajstić information content (AvgIpc) is 2.81. The average molecular weight is 289 g/mol. The number of aryl methyl sites for hydroxylation is 1. The molecule has 2 bridgehead atoms. The second-order valence-electron chi connectivity index (χ2n) is 7.44. The third-order valence-electron chi connectivity index (χ3n) is 5.61. The molecule has 4 unspecified atom stereocenters. The van der Waals surface area contributed by atoms with E-state index in [2.05, 4.69) is 19.0 Å². The van der Waals surface area contributed by atoms with Crippen LogP contribution in [-0.2, 0) is 5.60 Å². The lowest BCUT2D eigenvalue weighted by Crippen LogP contribution is -2.47. The van der Waals surface area contributed by atoms with Gasteiger partial charge in [0.2, 0.25) is 0 Å². The number of hydrogen-bond acceptors (Lipinski definition) is 3.